The lowest BCUT2D eigenvalue weighted by Crippen LogP contribution is -2.38. The molecule has 1 spiro atoms. The minimum Gasteiger partial charge on any atom is -0.306 e. The molecule has 1 N–H and O–H groups in total. The molecule has 1 aromatic rings. The van der Waals surface area contributed by atoms with E-state index in [1.165, 1.54) is 30.6 Å². The standard InChI is InChI=1S/C16H20N2/c1-11(2)15-14-7-12-5-3-4-6-13(12)8-18(14)10-16(15)9-17-16/h3-6,14-15,17H,1,7-10H2,2H3/t14-,15-,16+/m1/s1. The van der Waals surface area contributed by atoms with Crippen molar-refractivity contribution < 1.29 is 0 Å². The molecule has 3 aliphatic heterocycles. The van der Waals surface area contributed by atoms with E-state index in [0.717, 1.165) is 6.54 Å². The van der Waals surface area contributed by atoms with Crippen LogP contribution < -0.4 is 5.32 Å². The third kappa shape index (κ3) is 1.36. The van der Waals surface area contributed by atoms with Crippen molar-refractivity contribution in [3.8, 4) is 0 Å². The summed E-state index contributed by atoms with van der Waals surface area (Å²) >= 11 is 0. The zero-order chi connectivity index (χ0) is 12.3. The van der Waals surface area contributed by atoms with Gasteiger partial charge >= 0.3 is 0 Å². The quantitative estimate of drug-likeness (QED) is 0.599. The number of nitrogens with zero attached hydrogens (tertiary/aromatic N) is 1. The second-order valence-electron chi connectivity index (χ2n) is 6.28. The summed E-state index contributed by atoms with van der Waals surface area (Å²) in [6.07, 6.45) is 1.19. The summed E-state index contributed by atoms with van der Waals surface area (Å²) < 4.78 is 0. The largest absolute Gasteiger partial charge is 0.306 e. The molecule has 2 heteroatoms. The van der Waals surface area contributed by atoms with Gasteiger partial charge in [0.2, 0.25) is 0 Å². The van der Waals surface area contributed by atoms with Crippen molar-refractivity contribution in [2.45, 2.75) is 31.5 Å². The van der Waals surface area contributed by atoms with E-state index in [1.807, 2.05) is 0 Å². The maximum absolute atomic E-state index is 4.25. The van der Waals surface area contributed by atoms with E-state index in [0.29, 0.717) is 17.5 Å². The molecule has 2 fully saturated rings. The van der Waals surface area contributed by atoms with Crippen LogP contribution in [-0.4, -0.2) is 29.6 Å². The van der Waals surface area contributed by atoms with Gasteiger partial charge in [-0.15, -0.1) is 0 Å². The highest BCUT2D eigenvalue weighted by atomic mass is 15.3. The van der Waals surface area contributed by atoms with Crippen LogP contribution in [0.25, 0.3) is 0 Å². The van der Waals surface area contributed by atoms with Crippen molar-refractivity contribution >= 4 is 0 Å². The van der Waals surface area contributed by atoms with Crippen LogP contribution in [-0.2, 0) is 13.0 Å². The van der Waals surface area contributed by atoms with Crippen molar-refractivity contribution in [3.63, 3.8) is 0 Å². The van der Waals surface area contributed by atoms with Crippen LogP contribution in [0.1, 0.15) is 18.1 Å². The number of rotatable bonds is 1. The summed E-state index contributed by atoms with van der Waals surface area (Å²) in [7, 11) is 0. The summed E-state index contributed by atoms with van der Waals surface area (Å²) in [5.41, 5.74) is 4.78. The van der Waals surface area contributed by atoms with Gasteiger partial charge in [0.15, 0.2) is 0 Å². The van der Waals surface area contributed by atoms with Crippen LogP contribution in [0.4, 0.5) is 0 Å². The summed E-state index contributed by atoms with van der Waals surface area (Å²) in [5, 5.41) is 3.62. The van der Waals surface area contributed by atoms with Crippen molar-refractivity contribution in [1.29, 1.82) is 0 Å². The fraction of sp³-hybridized carbons (Fsp3) is 0.500. The van der Waals surface area contributed by atoms with Crippen molar-refractivity contribution in [2.24, 2.45) is 5.92 Å². The SMILES string of the molecule is C=C(C)[C@@H]1[C@H]2Cc3ccccc3CN2C[C@@]12CN2. The Balaban J connectivity index is 1.72. The first-order valence-electron chi connectivity index (χ1n) is 6.91. The Kier molecular flexibility index (Phi) is 2.07. The van der Waals surface area contributed by atoms with E-state index >= 15 is 0 Å². The van der Waals surface area contributed by atoms with E-state index in [2.05, 4.69) is 48.0 Å². The van der Waals surface area contributed by atoms with E-state index < -0.39 is 0 Å². The molecule has 3 aliphatic rings. The van der Waals surface area contributed by atoms with Crippen molar-refractivity contribution in [1.82, 2.24) is 10.2 Å². The van der Waals surface area contributed by atoms with Crippen LogP contribution in [0.3, 0.4) is 0 Å². The lowest BCUT2D eigenvalue weighted by Gasteiger charge is -2.34. The molecule has 4 rings (SSSR count). The number of hydrogen-bond donors (Lipinski definition) is 1. The van der Waals surface area contributed by atoms with E-state index in [4.69, 9.17) is 0 Å². The predicted octanol–water partition coefficient (Wildman–Crippen LogP) is 1.96. The molecule has 94 valence electrons. The summed E-state index contributed by atoms with van der Waals surface area (Å²) in [5.74, 6) is 0.630. The molecular formula is C16H20N2. The Labute approximate surface area is 109 Å². The summed E-state index contributed by atoms with van der Waals surface area (Å²) in [6.45, 7) is 9.95. The van der Waals surface area contributed by atoms with Gasteiger partial charge in [-0.25, -0.2) is 0 Å². The Hall–Kier alpha value is -1.12. The molecule has 0 unspecified atom stereocenters. The third-order valence-corrected chi connectivity index (χ3v) is 5.02. The smallest absolute Gasteiger partial charge is 0.0517 e. The van der Waals surface area contributed by atoms with Gasteiger partial charge in [0.1, 0.15) is 0 Å². The molecule has 0 amide bonds. The molecule has 0 bridgehead atoms. The van der Waals surface area contributed by atoms with E-state index in [9.17, 15) is 0 Å². The van der Waals surface area contributed by atoms with Gasteiger partial charge in [-0.2, -0.15) is 0 Å². The maximum atomic E-state index is 4.25. The number of hydrogen-bond acceptors (Lipinski definition) is 2. The first-order chi connectivity index (χ1) is 8.70. The third-order valence-electron chi connectivity index (χ3n) is 5.02. The minimum absolute atomic E-state index is 0.360. The van der Waals surface area contributed by atoms with Crippen LogP contribution >= 0.6 is 0 Å². The minimum atomic E-state index is 0.360. The Bertz CT molecular complexity index is 516. The van der Waals surface area contributed by atoms with Crippen LogP contribution in [0.15, 0.2) is 36.4 Å². The molecule has 0 radical (unpaired) electrons. The molecule has 2 nitrogen and oxygen atoms in total. The summed E-state index contributed by atoms with van der Waals surface area (Å²) in [6, 6.07) is 9.58. The highest BCUT2D eigenvalue weighted by molar-refractivity contribution is 5.35. The van der Waals surface area contributed by atoms with Gasteiger partial charge in [0.25, 0.3) is 0 Å². The number of benzene rings is 1. The second kappa shape index (κ2) is 3.46. The van der Waals surface area contributed by atoms with E-state index in [-0.39, 0.29) is 0 Å². The Morgan fingerprint density at radius 2 is 2.11 bits per heavy atom. The first-order valence-corrected chi connectivity index (χ1v) is 6.91. The van der Waals surface area contributed by atoms with Crippen molar-refractivity contribution in [2.75, 3.05) is 13.1 Å². The predicted molar refractivity (Wildman–Crippen MR) is 73.4 cm³/mol. The summed E-state index contributed by atoms with van der Waals surface area (Å²) in [4.78, 5) is 2.67. The normalized spacial score (nSPS) is 37.4. The van der Waals surface area contributed by atoms with Gasteiger partial charge in [-0.3, -0.25) is 4.90 Å². The van der Waals surface area contributed by atoms with Crippen LogP contribution in [0.2, 0.25) is 0 Å². The zero-order valence-corrected chi connectivity index (χ0v) is 10.9. The highest BCUT2D eigenvalue weighted by Gasteiger charge is 2.59. The fourth-order valence-electron chi connectivity index (χ4n) is 4.18. The molecule has 1 aromatic carbocycles. The second-order valence-corrected chi connectivity index (χ2v) is 6.28. The van der Waals surface area contributed by atoms with Crippen LogP contribution in [0, 0.1) is 5.92 Å². The lowest BCUT2D eigenvalue weighted by molar-refractivity contribution is 0.209. The Morgan fingerprint density at radius 3 is 2.78 bits per heavy atom. The van der Waals surface area contributed by atoms with Gasteiger partial charge in [0, 0.05) is 31.6 Å². The Morgan fingerprint density at radius 1 is 1.39 bits per heavy atom. The molecule has 0 aliphatic carbocycles. The molecule has 3 atom stereocenters. The van der Waals surface area contributed by atoms with Gasteiger partial charge < -0.3 is 5.32 Å². The zero-order valence-electron chi connectivity index (χ0n) is 10.9. The van der Waals surface area contributed by atoms with E-state index in [1.54, 1.807) is 5.56 Å². The van der Waals surface area contributed by atoms with Gasteiger partial charge in [-0.1, -0.05) is 36.4 Å². The topological polar surface area (TPSA) is 25.2 Å². The average Bonchev–Trinajstić information content (AvgIpc) is 3.02. The fourth-order valence-corrected chi connectivity index (χ4v) is 4.18. The average molecular weight is 240 g/mol. The monoisotopic (exact) mass is 240 g/mol. The van der Waals surface area contributed by atoms with Gasteiger partial charge in [0.05, 0.1) is 5.54 Å². The lowest BCUT2D eigenvalue weighted by atomic mass is 9.81. The highest BCUT2D eigenvalue weighted by Crippen LogP contribution is 2.46. The number of nitrogens with one attached hydrogen (secondary N) is 1. The molecule has 2 saturated heterocycles. The van der Waals surface area contributed by atoms with Crippen molar-refractivity contribution in [3.05, 3.63) is 47.5 Å². The van der Waals surface area contributed by atoms with Crippen LogP contribution in [0.5, 0.6) is 0 Å². The molecule has 0 saturated carbocycles. The molecule has 18 heavy (non-hydrogen) atoms. The molecule has 0 aromatic heterocycles. The molecular weight excluding hydrogens is 220 g/mol. The maximum Gasteiger partial charge on any atom is 0.0517 e. The number of fused-ring (bicyclic) bond motifs is 2. The molecule has 3 heterocycles. The van der Waals surface area contributed by atoms with Gasteiger partial charge in [-0.05, 0) is 24.5 Å². The first kappa shape index (κ1) is 10.8.